The summed E-state index contributed by atoms with van der Waals surface area (Å²) in [5.74, 6) is -5.85. The molecular weight excluding hydrogens is 682 g/mol. The summed E-state index contributed by atoms with van der Waals surface area (Å²) in [4.78, 5) is 73.8. The number of methoxy groups -OCH3 is 2. The summed E-state index contributed by atoms with van der Waals surface area (Å²) in [5, 5.41) is 26.1. The van der Waals surface area contributed by atoms with Crippen molar-refractivity contribution in [3.05, 3.63) is 84.8 Å². The topological polar surface area (TPSA) is 216 Å². The van der Waals surface area contributed by atoms with Gasteiger partial charge in [-0.15, -0.1) is 0 Å². The van der Waals surface area contributed by atoms with Gasteiger partial charge < -0.3 is 45.3 Å². The summed E-state index contributed by atoms with van der Waals surface area (Å²) in [5.41, 5.74) is 8.05. The Kier molecular flexibility index (Phi) is 11.0. The number of amides is 1. The number of aromatic nitrogens is 3. The molecule has 1 fully saturated rings. The van der Waals surface area contributed by atoms with Crippen molar-refractivity contribution in [3.63, 3.8) is 0 Å². The third-order valence-corrected chi connectivity index (χ3v) is 10.3. The number of fused-ring (bicyclic) bond motifs is 8. The summed E-state index contributed by atoms with van der Waals surface area (Å²) in [6.45, 7) is 13.8. The van der Waals surface area contributed by atoms with Crippen LogP contribution in [-0.4, -0.2) is 75.2 Å². The van der Waals surface area contributed by atoms with E-state index in [0.29, 0.717) is 29.1 Å². The summed E-state index contributed by atoms with van der Waals surface area (Å²) >= 11 is 0. The van der Waals surface area contributed by atoms with Crippen LogP contribution in [0, 0.1) is 32.6 Å². The van der Waals surface area contributed by atoms with E-state index in [1.807, 2.05) is 39.0 Å². The van der Waals surface area contributed by atoms with E-state index in [2.05, 4.69) is 39.1 Å². The number of carboxylic acid groups (broad SMARTS) is 2. The molecule has 1 saturated heterocycles. The van der Waals surface area contributed by atoms with Gasteiger partial charge in [-0.1, -0.05) is 26.5 Å². The van der Waals surface area contributed by atoms with Gasteiger partial charge in [0.25, 0.3) is 0 Å². The maximum absolute atomic E-state index is 13.9. The molecule has 2 aliphatic heterocycles. The number of nitrogens with one attached hydrogen (secondary N) is 5. The SMILES string of the molecule is C=Cc1c2[nH]c(c1C)C=C1NC(=C(C(=O)OC)c3[nH]c(c(C)c3C(=O)OC)C=c3[nH]c(c(C)c3CC)=C2)[C@@H](CCC(=O)N[C@@H](CC(=O)O)C(=O)O)[C@@H]1C. The number of ether oxygens (including phenoxy) is 2. The van der Waals surface area contributed by atoms with E-state index in [1.54, 1.807) is 13.0 Å². The number of carbonyl (C=O) groups excluding carboxylic acids is 3. The van der Waals surface area contributed by atoms with E-state index < -0.39 is 48.2 Å². The van der Waals surface area contributed by atoms with Gasteiger partial charge in [-0.3, -0.25) is 9.59 Å². The monoisotopic (exact) mass is 727 g/mol. The van der Waals surface area contributed by atoms with Gasteiger partial charge in [-0.2, -0.15) is 0 Å². The quantitative estimate of drug-likeness (QED) is 0.143. The van der Waals surface area contributed by atoms with Gasteiger partial charge in [0.05, 0.1) is 31.9 Å². The molecule has 3 atom stereocenters. The smallest absolute Gasteiger partial charge is 0.341 e. The van der Waals surface area contributed by atoms with Gasteiger partial charge in [0.15, 0.2) is 0 Å². The van der Waals surface area contributed by atoms with Crippen LogP contribution in [0.2, 0.25) is 0 Å². The standard InChI is InChI=1S/C39H45N5O9/c1-9-21-17(3)24-13-26-19(5)23(11-12-31(45)42-30(37(48)49)16-32(46)47)35(43-26)34(39(51)53-8)36-33(38(50)52-7)20(6)27(44-36)15-29-22(10-2)18(4)25(41-29)14-28(21)40-24/h9,13-15,19,23,30,40-41,43-44H,1,10-12,16H2,2-8H3,(H,42,45)(H,46,47)(H,48,49)/t19-,23-,30-/m0/s1. The molecule has 14 heteroatoms. The summed E-state index contributed by atoms with van der Waals surface area (Å²) in [7, 11) is 2.49. The predicted molar refractivity (Wildman–Crippen MR) is 198 cm³/mol. The van der Waals surface area contributed by atoms with Crippen LogP contribution in [0.3, 0.4) is 0 Å². The van der Waals surface area contributed by atoms with Crippen molar-refractivity contribution in [2.24, 2.45) is 11.8 Å². The number of allylic oxidation sites excluding steroid dienone is 2. The molecule has 0 spiro atoms. The first-order valence-corrected chi connectivity index (χ1v) is 17.3. The van der Waals surface area contributed by atoms with Crippen LogP contribution in [0.4, 0.5) is 0 Å². The van der Waals surface area contributed by atoms with Crippen molar-refractivity contribution < 1.29 is 43.7 Å². The highest BCUT2D eigenvalue weighted by atomic mass is 16.5. The Bertz CT molecular complexity index is 2230. The van der Waals surface area contributed by atoms with Crippen LogP contribution >= 0.6 is 0 Å². The van der Waals surface area contributed by atoms with E-state index in [1.165, 1.54) is 14.2 Å². The van der Waals surface area contributed by atoms with Crippen LogP contribution in [0.25, 0.3) is 29.9 Å². The molecule has 1 amide bonds. The van der Waals surface area contributed by atoms with Crippen LogP contribution in [-0.2, 0) is 35.1 Å². The predicted octanol–water partition coefficient (Wildman–Crippen LogP) is 3.16. The van der Waals surface area contributed by atoms with Crippen molar-refractivity contribution in [1.82, 2.24) is 25.6 Å². The molecule has 8 bridgehead atoms. The molecule has 2 aliphatic rings. The molecule has 7 N–H and O–H groups in total. The van der Waals surface area contributed by atoms with Crippen LogP contribution in [0.1, 0.15) is 94.1 Å². The zero-order chi connectivity index (χ0) is 38.9. The van der Waals surface area contributed by atoms with E-state index >= 15 is 0 Å². The van der Waals surface area contributed by atoms with Gasteiger partial charge in [0, 0.05) is 63.0 Å². The first kappa shape index (κ1) is 38.2. The Morgan fingerprint density at radius 2 is 1.57 bits per heavy atom. The fourth-order valence-corrected chi connectivity index (χ4v) is 7.34. The number of H-pyrrole nitrogens is 3. The third kappa shape index (κ3) is 7.21. The summed E-state index contributed by atoms with van der Waals surface area (Å²) in [6.07, 6.45) is 7.50. The lowest BCUT2D eigenvalue weighted by Crippen LogP contribution is -2.42. The minimum absolute atomic E-state index is 0.0285. The van der Waals surface area contributed by atoms with Crippen molar-refractivity contribution in [2.75, 3.05) is 14.2 Å². The molecule has 0 radical (unpaired) electrons. The molecular formula is C39H45N5O9. The van der Waals surface area contributed by atoms with Gasteiger partial charge in [-0.05, 0) is 74.1 Å². The number of aromatic amines is 3. The molecule has 0 aromatic carbocycles. The lowest BCUT2D eigenvalue weighted by molar-refractivity contribution is -0.147. The van der Waals surface area contributed by atoms with Gasteiger partial charge >= 0.3 is 23.9 Å². The summed E-state index contributed by atoms with van der Waals surface area (Å²) < 4.78 is 10.5. The van der Waals surface area contributed by atoms with Crippen LogP contribution in [0.15, 0.2) is 18.0 Å². The second-order valence-electron chi connectivity index (χ2n) is 13.3. The summed E-state index contributed by atoms with van der Waals surface area (Å²) in [6, 6.07) is -1.62. The van der Waals surface area contributed by atoms with Crippen molar-refractivity contribution in [3.8, 4) is 0 Å². The molecule has 3 aromatic heterocycles. The highest BCUT2D eigenvalue weighted by Gasteiger charge is 2.39. The molecule has 0 saturated carbocycles. The van der Waals surface area contributed by atoms with E-state index in [0.717, 1.165) is 44.3 Å². The second kappa shape index (κ2) is 15.3. The Hall–Kier alpha value is -6.05. The van der Waals surface area contributed by atoms with E-state index in [9.17, 15) is 29.1 Å². The minimum Gasteiger partial charge on any atom is -0.481 e. The Balaban J connectivity index is 1.81. The molecule has 0 unspecified atom stereocenters. The number of aliphatic carboxylic acids is 2. The number of hydrogen-bond donors (Lipinski definition) is 7. The molecule has 3 aromatic rings. The van der Waals surface area contributed by atoms with Crippen molar-refractivity contribution in [2.45, 2.75) is 66.3 Å². The Morgan fingerprint density at radius 3 is 2.17 bits per heavy atom. The van der Waals surface area contributed by atoms with E-state index in [4.69, 9.17) is 14.6 Å². The third-order valence-electron chi connectivity index (χ3n) is 10.3. The molecule has 280 valence electrons. The van der Waals surface area contributed by atoms with Crippen molar-refractivity contribution >= 4 is 59.7 Å². The Labute approximate surface area is 305 Å². The highest BCUT2D eigenvalue weighted by molar-refractivity contribution is 6.20. The average molecular weight is 728 g/mol. The normalized spacial score (nSPS) is 16.8. The zero-order valence-electron chi connectivity index (χ0n) is 30.8. The van der Waals surface area contributed by atoms with Crippen LogP contribution in [0.5, 0.6) is 0 Å². The molecule has 14 nitrogen and oxygen atoms in total. The second-order valence-corrected chi connectivity index (χ2v) is 13.3. The molecule has 5 rings (SSSR count). The highest BCUT2D eigenvalue weighted by Crippen LogP contribution is 2.42. The van der Waals surface area contributed by atoms with Gasteiger partial charge in [0.2, 0.25) is 5.91 Å². The largest absolute Gasteiger partial charge is 0.481 e. The maximum Gasteiger partial charge on any atom is 0.341 e. The van der Waals surface area contributed by atoms with Crippen LogP contribution < -0.4 is 21.3 Å². The number of carboxylic acids is 2. The minimum atomic E-state index is -1.62. The maximum atomic E-state index is 13.9. The number of hydrogen-bond acceptors (Lipinski definition) is 8. The fraction of sp³-hybridized carbons (Fsp3) is 0.359. The number of esters is 2. The van der Waals surface area contributed by atoms with Gasteiger partial charge in [0.1, 0.15) is 11.6 Å². The first-order chi connectivity index (χ1) is 25.1. The van der Waals surface area contributed by atoms with Gasteiger partial charge in [-0.25, -0.2) is 14.4 Å². The lowest BCUT2D eigenvalue weighted by atomic mass is 9.86. The average Bonchev–Trinajstić information content (AvgIpc) is 3.79. The fourth-order valence-electron chi connectivity index (χ4n) is 7.34. The lowest BCUT2D eigenvalue weighted by Gasteiger charge is -2.19. The number of carbonyl (C=O) groups is 5. The van der Waals surface area contributed by atoms with E-state index in [-0.39, 0.29) is 35.6 Å². The first-order valence-electron chi connectivity index (χ1n) is 17.3. The number of rotatable bonds is 11. The zero-order valence-corrected chi connectivity index (χ0v) is 30.8. The molecule has 0 aliphatic carbocycles. The van der Waals surface area contributed by atoms with Crippen molar-refractivity contribution in [1.29, 1.82) is 0 Å². The Morgan fingerprint density at radius 1 is 0.906 bits per heavy atom. The molecule has 53 heavy (non-hydrogen) atoms. The molecule has 5 heterocycles.